The summed E-state index contributed by atoms with van der Waals surface area (Å²) < 4.78 is 5.02. The van der Waals surface area contributed by atoms with Gasteiger partial charge in [-0.2, -0.15) is 4.79 Å². The van der Waals surface area contributed by atoms with Crippen molar-refractivity contribution < 1.29 is 23.9 Å². The molecule has 1 N–H and O–H groups in total. The molecule has 1 fully saturated rings. The van der Waals surface area contributed by atoms with Gasteiger partial charge in [-0.05, 0) is 25.8 Å². The fourth-order valence-corrected chi connectivity index (χ4v) is 3.70. The van der Waals surface area contributed by atoms with Gasteiger partial charge in [-0.1, -0.05) is 30.3 Å². The molecule has 2 rings (SSSR count). The Kier molecular flexibility index (Phi) is 5.77. The molecule has 1 aromatic rings. The van der Waals surface area contributed by atoms with E-state index in [-0.39, 0.29) is 23.1 Å². The Morgan fingerprint density at radius 1 is 1.35 bits per heavy atom. The summed E-state index contributed by atoms with van der Waals surface area (Å²) in [5, 5.41) is 9.88. The van der Waals surface area contributed by atoms with Crippen LogP contribution in [-0.4, -0.2) is 46.9 Å². The molecule has 0 aromatic heterocycles. The molecule has 0 radical (unpaired) electrons. The van der Waals surface area contributed by atoms with Crippen molar-refractivity contribution in [2.45, 2.75) is 51.6 Å². The second kappa shape index (κ2) is 7.59. The van der Waals surface area contributed by atoms with Crippen molar-refractivity contribution in [1.29, 1.82) is 0 Å². The fraction of sp³-hybridized carbons (Fsp3) is 0.556. The number of esters is 1. The third-order valence-electron chi connectivity index (χ3n) is 4.96. The number of quaternary nitrogens is 1. The molecule has 2 unspecified atom stereocenters. The average Bonchev–Trinajstić information content (AvgIpc) is 2.91. The highest BCUT2D eigenvalue weighted by Crippen LogP contribution is 2.33. The number of benzene rings is 1. The van der Waals surface area contributed by atoms with E-state index in [2.05, 4.69) is 0 Å². The number of nitrogens with zero attached hydrogens (tertiary/aromatic N) is 1. The van der Waals surface area contributed by atoms with E-state index in [1.54, 1.807) is 6.92 Å². The van der Waals surface area contributed by atoms with E-state index in [4.69, 9.17) is 4.74 Å². The van der Waals surface area contributed by atoms with Crippen LogP contribution in [0, 0.1) is 0 Å². The van der Waals surface area contributed by atoms with E-state index in [1.165, 1.54) is 0 Å². The molecule has 1 saturated heterocycles. The topological polar surface area (TPSA) is 63.6 Å². The quantitative estimate of drug-likeness (QED) is 0.645. The Labute approximate surface area is 137 Å². The van der Waals surface area contributed by atoms with Gasteiger partial charge in [0.1, 0.15) is 0 Å². The first-order chi connectivity index (χ1) is 11.0. The van der Waals surface area contributed by atoms with E-state index in [0.29, 0.717) is 19.4 Å². The number of aryl methyl sites for hydroxylation is 1. The predicted octanol–water partition coefficient (Wildman–Crippen LogP) is 3.23. The minimum Gasteiger partial charge on any atom is -0.462 e. The maximum absolute atomic E-state index is 12.5. The maximum atomic E-state index is 12.5. The number of carbonyl (C=O) groups is 2. The van der Waals surface area contributed by atoms with Crippen LogP contribution in [0.5, 0.6) is 0 Å². The largest absolute Gasteiger partial charge is 0.514 e. The van der Waals surface area contributed by atoms with Crippen molar-refractivity contribution >= 4 is 12.1 Å². The van der Waals surface area contributed by atoms with Gasteiger partial charge in [0.2, 0.25) is 0 Å². The Morgan fingerprint density at radius 3 is 2.57 bits per heavy atom. The van der Waals surface area contributed by atoms with Crippen LogP contribution in [0.2, 0.25) is 0 Å². The zero-order valence-electron chi connectivity index (χ0n) is 13.9. The monoisotopic (exact) mass is 320 g/mol. The molecule has 1 amide bonds. The molecule has 1 heterocycles. The zero-order chi connectivity index (χ0) is 16.9. The van der Waals surface area contributed by atoms with Crippen molar-refractivity contribution in [3.05, 3.63) is 35.9 Å². The minimum atomic E-state index is -0.916. The molecular weight excluding hydrogens is 294 g/mol. The van der Waals surface area contributed by atoms with Gasteiger partial charge in [0.15, 0.2) is 6.04 Å². The molecule has 23 heavy (non-hydrogen) atoms. The molecule has 5 nitrogen and oxygen atoms in total. The summed E-state index contributed by atoms with van der Waals surface area (Å²) in [4.78, 5) is 24.6. The van der Waals surface area contributed by atoms with Crippen molar-refractivity contribution in [1.82, 2.24) is 0 Å². The first-order valence-electron chi connectivity index (χ1n) is 8.33. The molecule has 1 aliphatic rings. The number of hydrogen-bond donors (Lipinski definition) is 1. The van der Waals surface area contributed by atoms with Crippen LogP contribution < -0.4 is 0 Å². The lowest BCUT2D eigenvalue weighted by Gasteiger charge is -2.38. The summed E-state index contributed by atoms with van der Waals surface area (Å²) in [7, 11) is 0. The number of ether oxygens (including phenoxy) is 1. The summed E-state index contributed by atoms with van der Waals surface area (Å²) in [5.74, 6) is -0.389. The van der Waals surface area contributed by atoms with Crippen LogP contribution in [0.25, 0.3) is 0 Å². The van der Waals surface area contributed by atoms with E-state index in [9.17, 15) is 14.7 Å². The SMILES string of the molecule is CCOC(=O)C(CCc1ccccc1)[N+]1(C(=O)O)CCC[C@H]1C. The number of carbonyl (C=O) groups excluding carboxylic acids is 1. The van der Waals surface area contributed by atoms with Gasteiger partial charge in [-0.25, -0.2) is 9.28 Å². The predicted molar refractivity (Wildman–Crippen MR) is 87.0 cm³/mol. The van der Waals surface area contributed by atoms with Crippen LogP contribution >= 0.6 is 0 Å². The molecular formula is C18H26NO4+. The summed E-state index contributed by atoms with van der Waals surface area (Å²) in [6.45, 7) is 4.45. The molecule has 0 aliphatic carbocycles. The Bertz CT molecular complexity index is 545. The Hall–Kier alpha value is -1.88. The van der Waals surface area contributed by atoms with Crippen LogP contribution in [-0.2, 0) is 16.0 Å². The number of hydrogen-bond acceptors (Lipinski definition) is 3. The highest BCUT2D eigenvalue weighted by atomic mass is 16.5. The van der Waals surface area contributed by atoms with Crippen molar-refractivity contribution in [2.24, 2.45) is 0 Å². The first-order valence-corrected chi connectivity index (χ1v) is 8.33. The van der Waals surface area contributed by atoms with Crippen LogP contribution in [0.3, 0.4) is 0 Å². The number of carboxylic acid groups (broad SMARTS) is 1. The maximum Gasteiger partial charge on any atom is 0.514 e. The second-order valence-electron chi connectivity index (χ2n) is 6.22. The molecule has 1 aromatic carbocycles. The minimum absolute atomic E-state index is 0.0716. The third kappa shape index (κ3) is 3.55. The summed E-state index contributed by atoms with van der Waals surface area (Å²) in [5.41, 5.74) is 1.11. The van der Waals surface area contributed by atoms with Gasteiger partial charge in [0.05, 0.1) is 19.2 Å². The zero-order valence-corrected chi connectivity index (χ0v) is 13.9. The molecule has 0 bridgehead atoms. The highest BCUT2D eigenvalue weighted by Gasteiger charge is 2.55. The van der Waals surface area contributed by atoms with Gasteiger partial charge in [0, 0.05) is 19.3 Å². The molecule has 5 heteroatoms. The van der Waals surface area contributed by atoms with Crippen LogP contribution in [0.1, 0.15) is 38.7 Å². The van der Waals surface area contributed by atoms with Gasteiger partial charge in [-0.15, -0.1) is 0 Å². The van der Waals surface area contributed by atoms with Gasteiger partial charge in [-0.3, -0.25) is 0 Å². The molecule has 3 atom stereocenters. The van der Waals surface area contributed by atoms with E-state index < -0.39 is 12.1 Å². The van der Waals surface area contributed by atoms with Crippen LogP contribution in [0.4, 0.5) is 4.79 Å². The van der Waals surface area contributed by atoms with Gasteiger partial charge >= 0.3 is 12.1 Å². The molecule has 0 spiro atoms. The second-order valence-corrected chi connectivity index (χ2v) is 6.22. The smallest absolute Gasteiger partial charge is 0.462 e. The summed E-state index contributed by atoms with van der Waals surface area (Å²) in [6.07, 6.45) is 1.90. The van der Waals surface area contributed by atoms with Gasteiger partial charge < -0.3 is 9.84 Å². The molecule has 1 aliphatic heterocycles. The van der Waals surface area contributed by atoms with Crippen molar-refractivity contribution in [3.8, 4) is 0 Å². The molecule has 0 saturated carbocycles. The molecule has 126 valence electrons. The lowest BCUT2D eigenvalue weighted by atomic mass is 10.0. The first kappa shape index (κ1) is 17.5. The summed E-state index contributed by atoms with van der Waals surface area (Å²) >= 11 is 0. The number of rotatable bonds is 6. The summed E-state index contributed by atoms with van der Waals surface area (Å²) in [6, 6.07) is 9.13. The third-order valence-corrected chi connectivity index (χ3v) is 4.96. The van der Waals surface area contributed by atoms with Gasteiger partial charge in [0.25, 0.3) is 0 Å². The van der Waals surface area contributed by atoms with Crippen molar-refractivity contribution in [2.75, 3.05) is 13.2 Å². The Balaban J connectivity index is 2.25. The lowest BCUT2D eigenvalue weighted by Crippen LogP contribution is -2.63. The van der Waals surface area contributed by atoms with E-state index in [0.717, 1.165) is 18.4 Å². The normalized spacial score (nSPS) is 25.0. The standard InChI is InChI=1S/C18H25NO4/c1-3-23-17(20)16(12-11-15-9-5-4-6-10-15)19(18(21)22)13-7-8-14(19)2/h4-6,9-10,14,16H,3,7-8,11-13H2,1-2H3/p+1/t14-,16?,19?/m1/s1. The Morgan fingerprint density at radius 2 is 2.04 bits per heavy atom. The highest BCUT2D eigenvalue weighted by molar-refractivity contribution is 5.77. The van der Waals surface area contributed by atoms with Crippen molar-refractivity contribution in [3.63, 3.8) is 0 Å². The number of likely N-dealkylation sites (tertiary alicyclic amines) is 1. The number of amides is 1. The lowest BCUT2D eigenvalue weighted by molar-refractivity contribution is -0.884. The van der Waals surface area contributed by atoms with E-state index >= 15 is 0 Å². The van der Waals surface area contributed by atoms with Crippen LogP contribution in [0.15, 0.2) is 30.3 Å². The fourth-order valence-electron chi connectivity index (χ4n) is 3.70. The van der Waals surface area contributed by atoms with E-state index in [1.807, 2.05) is 37.3 Å². The average molecular weight is 320 g/mol.